The summed E-state index contributed by atoms with van der Waals surface area (Å²) in [5.74, 6) is 0.259. The number of hydrogen-bond acceptors (Lipinski definition) is 4. The maximum Gasteiger partial charge on any atom is 0.115 e. The maximum absolute atomic E-state index is 9.16. The van der Waals surface area contributed by atoms with Crippen LogP contribution in [0.25, 0.3) is 0 Å². The van der Waals surface area contributed by atoms with Gasteiger partial charge in [-0.1, -0.05) is 11.8 Å². The van der Waals surface area contributed by atoms with Crippen LogP contribution in [0.3, 0.4) is 0 Å². The minimum atomic E-state index is 0.259. The Morgan fingerprint density at radius 3 is 2.25 bits per heavy atom. The van der Waals surface area contributed by atoms with Gasteiger partial charge in [0.05, 0.1) is 0 Å². The van der Waals surface area contributed by atoms with Crippen LogP contribution in [0.15, 0.2) is 52.3 Å². The van der Waals surface area contributed by atoms with Crippen LogP contribution in [0.2, 0.25) is 0 Å². The Balaban J connectivity index is 2.23. The van der Waals surface area contributed by atoms with Gasteiger partial charge >= 0.3 is 0 Å². The van der Waals surface area contributed by atoms with Crippen molar-refractivity contribution in [1.82, 2.24) is 0 Å². The molecule has 4 heteroatoms. The molecule has 2 aromatic rings. The molecule has 0 radical (unpaired) electrons. The van der Waals surface area contributed by atoms with Gasteiger partial charge in [-0.3, -0.25) is 0 Å². The highest BCUT2D eigenvalue weighted by Gasteiger charge is 2.02. The lowest BCUT2D eigenvalue weighted by Gasteiger charge is -2.06. The number of anilines is 2. The van der Waals surface area contributed by atoms with Gasteiger partial charge < -0.3 is 16.6 Å². The Hall–Kier alpha value is -1.81. The second-order valence-electron chi connectivity index (χ2n) is 3.39. The first-order chi connectivity index (χ1) is 7.65. The Bertz CT molecular complexity index is 497. The lowest BCUT2D eigenvalue weighted by Crippen LogP contribution is -1.91. The Labute approximate surface area is 98.1 Å². The normalized spacial score (nSPS) is 10.2. The standard InChI is InChI=1S/C12H12N2OS/c13-8-1-6-12(11(14)7-8)16-10-4-2-9(15)3-5-10/h1-7,15H,13-14H2. The molecule has 3 nitrogen and oxygen atoms in total. The zero-order valence-electron chi connectivity index (χ0n) is 8.55. The number of aromatic hydroxyl groups is 1. The number of nitrogen functional groups attached to an aromatic ring is 2. The predicted octanol–water partition coefficient (Wildman–Crippen LogP) is 2.71. The second kappa shape index (κ2) is 4.37. The van der Waals surface area contributed by atoms with Gasteiger partial charge in [0.25, 0.3) is 0 Å². The van der Waals surface area contributed by atoms with Gasteiger partial charge in [-0.2, -0.15) is 0 Å². The van der Waals surface area contributed by atoms with Crippen LogP contribution in [0.1, 0.15) is 0 Å². The van der Waals surface area contributed by atoms with Crippen LogP contribution < -0.4 is 11.5 Å². The number of phenols is 1. The van der Waals surface area contributed by atoms with Gasteiger partial charge in [-0.15, -0.1) is 0 Å². The van der Waals surface area contributed by atoms with Gasteiger partial charge in [0.15, 0.2) is 0 Å². The maximum atomic E-state index is 9.16. The van der Waals surface area contributed by atoms with Crippen molar-refractivity contribution >= 4 is 23.1 Å². The summed E-state index contributed by atoms with van der Waals surface area (Å²) in [7, 11) is 0. The molecule has 16 heavy (non-hydrogen) atoms. The molecule has 0 aliphatic heterocycles. The summed E-state index contributed by atoms with van der Waals surface area (Å²) in [5.41, 5.74) is 12.8. The molecule has 2 aromatic carbocycles. The fourth-order valence-electron chi connectivity index (χ4n) is 1.30. The van der Waals surface area contributed by atoms with Crippen LogP contribution >= 0.6 is 11.8 Å². The highest BCUT2D eigenvalue weighted by Crippen LogP contribution is 2.33. The largest absolute Gasteiger partial charge is 0.508 e. The van der Waals surface area contributed by atoms with E-state index in [1.807, 2.05) is 24.3 Å². The van der Waals surface area contributed by atoms with Crippen molar-refractivity contribution in [2.75, 3.05) is 11.5 Å². The van der Waals surface area contributed by atoms with E-state index in [9.17, 15) is 0 Å². The van der Waals surface area contributed by atoms with E-state index in [0.29, 0.717) is 11.4 Å². The van der Waals surface area contributed by atoms with Crippen LogP contribution in [-0.4, -0.2) is 5.11 Å². The van der Waals surface area contributed by atoms with E-state index in [2.05, 4.69) is 0 Å². The Kier molecular flexibility index (Phi) is 2.92. The van der Waals surface area contributed by atoms with E-state index in [-0.39, 0.29) is 5.75 Å². The summed E-state index contributed by atoms with van der Waals surface area (Å²) in [4.78, 5) is 1.98. The zero-order valence-corrected chi connectivity index (χ0v) is 9.37. The van der Waals surface area contributed by atoms with Gasteiger partial charge in [0.1, 0.15) is 5.75 Å². The smallest absolute Gasteiger partial charge is 0.115 e. The van der Waals surface area contributed by atoms with Crippen molar-refractivity contribution in [3.05, 3.63) is 42.5 Å². The van der Waals surface area contributed by atoms with Crippen LogP contribution in [0.4, 0.5) is 11.4 Å². The zero-order chi connectivity index (χ0) is 11.5. The van der Waals surface area contributed by atoms with Crippen molar-refractivity contribution in [2.24, 2.45) is 0 Å². The molecule has 0 atom stereocenters. The molecular weight excluding hydrogens is 220 g/mol. The SMILES string of the molecule is Nc1ccc(Sc2ccc(O)cc2)c(N)c1. The Morgan fingerprint density at radius 2 is 1.62 bits per heavy atom. The van der Waals surface area contributed by atoms with E-state index in [1.165, 1.54) is 11.8 Å². The lowest BCUT2D eigenvalue weighted by atomic mass is 10.3. The third kappa shape index (κ3) is 2.41. The average molecular weight is 232 g/mol. The monoisotopic (exact) mass is 232 g/mol. The molecule has 0 bridgehead atoms. The molecule has 0 heterocycles. The van der Waals surface area contributed by atoms with Gasteiger partial charge in [-0.25, -0.2) is 0 Å². The summed E-state index contributed by atoms with van der Waals surface area (Å²) in [5, 5.41) is 9.16. The molecule has 0 aromatic heterocycles. The third-order valence-corrected chi connectivity index (χ3v) is 3.20. The lowest BCUT2D eigenvalue weighted by molar-refractivity contribution is 0.475. The van der Waals surface area contributed by atoms with Crippen molar-refractivity contribution in [3.8, 4) is 5.75 Å². The molecule has 0 saturated heterocycles. The highest BCUT2D eigenvalue weighted by molar-refractivity contribution is 7.99. The van der Waals surface area contributed by atoms with Gasteiger partial charge in [0, 0.05) is 21.2 Å². The van der Waals surface area contributed by atoms with Crippen LogP contribution in [-0.2, 0) is 0 Å². The highest BCUT2D eigenvalue weighted by atomic mass is 32.2. The van der Waals surface area contributed by atoms with Crippen molar-refractivity contribution in [1.29, 1.82) is 0 Å². The first-order valence-electron chi connectivity index (χ1n) is 4.77. The van der Waals surface area contributed by atoms with Gasteiger partial charge in [0.2, 0.25) is 0 Å². The first-order valence-corrected chi connectivity index (χ1v) is 5.59. The molecule has 2 rings (SSSR count). The van der Waals surface area contributed by atoms with Crippen molar-refractivity contribution < 1.29 is 5.11 Å². The average Bonchev–Trinajstić information content (AvgIpc) is 2.25. The second-order valence-corrected chi connectivity index (χ2v) is 4.51. The number of nitrogens with two attached hydrogens (primary N) is 2. The molecule has 0 saturated carbocycles. The van der Waals surface area contributed by atoms with E-state index >= 15 is 0 Å². The Morgan fingerprint density at radius 1 is 0.938 bits per heavy atom. The summed E-state index contributed by atoms with van der Waals surface area (Å²) in [6.07, 6.45) is 0. The molecule has 0 aliphatic rings. The fourth-order valence-corrected chi connectivity index (χ4v) is 2.14. The number of rotatable bonds is 2. The number of benzene rings is 2. The van der Waals surface area contributed by atoms with E-state index < -0.39 is 0 Å². The van der Waals surface area contributed by atoms with Crippen LogP contribution in [0.5, 0.6) is 5.75 Å². The van der Waals surface area contributed by atoms with E-state index in [4.69, 9.17) is 16.6 Å². The summed E-state index contributed by atoms with van der Waals surface area (Å²) >= 11 is 1.54. The number of phenolic OH excluding ortho intramolecular Hbond substituents is 1. The molecule has 0 amide bonds. The minimum absolute atomic E-state index is 0.259. The van der Waals surface area contributed by atoms with E-state index in [0.717, 1.165) is 9.79 Å². The van der Waals surface area contributed by atoms with Gasteiger partial charge in [-0.05, 0) is 42.5 Å². The van der Waals surface area contributed by atoms with Crippen molar-refractivity contribution in [2.45, 2.75) is 9.79 Å². The number of hydrogen-bond donors (Lipinski definition) is 3. The molecule has 0 aliphatic carbocycles. The summed E-state index contributed by atoms with van der Waals surface area (Å²) < 4.78 is 0. The van der Waals surface area contributed by atoms with Crippen LogP contribution in [0, 0.1) is 0 Å². The predicted molar refractivity (Wildman–Crippen MR) is 67.5 cm³/mol. The molecule has 0 unspecified atom stereocenters. The molecule has 0 fully saturated rings. The third-order valence-electron chi connectivity index (χ3n) is 2.10. The molecule has 5 N–H and O–H groups in total. The molecule has 82 valence electrons. The quantitative estimate of drug-likeness (QED) is 0.696. The topological polar surface area (TPSA) is 72.3 Å². The fraction of sp³-hybridized carbons (Fsp3) is 0. The summed E-state index contributed by atoms with van der Waals surface area (Å²) in [6, 6.07) is 12.4. The van der Waals surface area contributed by atoms with E-state index in [1.54, 1.807) is 18.2 Å². The van der Waals surface area contributed by atoms with Crippen molar-refractivity contribution in [3.63, 3.8) is 0 Å². The molecular formula is C12H12N2OS. The molecule has 0 spiro atoms. The minimum Gasteiger partial charge on any atom is -0.508 e. The summed E-state index contributed by atoms with van der Waals surface area (Å²) in [6.45, 7) is 0. The first kappa shape index (κ1) is 10.7.